The number of nitrogens with one attached hydrogen (secondary N) is 1. The Hall–Kier alpha value is -2.28. The standard InChI is InChI=1S/C14H19N5O2/c1-14(2,3)15-8-12-10-18(17-16-12)9-11-4-6-13(7-5-11)19(20)21/h4-7,10,15H,8-9H2,1-3H3. The van der Waals surface area contributed by atoms with Crippen molar-refractivity contribution in [3.05, 3.63) is 51.8 Å². The fourth-order valence-electron chi connectivity index (χ4n) is 1.76. The van der Waals surface area contributed by atoms with Crippen LogP contribution in [0, 0.1) is 10.1 Å². The number of non-ortho nitro benzene ring substituents is 1. The first kappa shape index (κ1) is 15.1. The van der Waals surface area contributed by atoms with Crippen LogP contribution in [-0.2, 0) is 13.1 Å². The maximum Gasteiger partial charge on any atom is 0.269 e. The largest absolute Gasteiger partial charge is 0.306 e. The van der Waals surface area contributed by atoms with Crippen molar-refractivity contribution < 1.29 is 4.92 Å². The molecule has 1 heterocycles. The van der Waals surface area contributed by atoms with Crippen molar-refractivity contribution in [1.82, 2.24) is 20.3 Å². The molecule has 0 amide bonds. The summed E-state index contributed by atoms with van der Waals surface area (Å²) >= 11 is 0. The molecule has 0 saturated carbocycles. The van der Waals surface area contributed by atoms with E-state index in [4.69, 9.17) is 0 Å². The van der Waals surface area contributed by atoms with Gasteiger partial charge in [-0.1, -0.05) is 17.3 Å². The molecule has 2 rings (SSSR count). The van der Waals surface area contributed by atoms with Crippen molar-refractivity contribution in [3.63, 3.8) is 0 Å². The van der Waals surface area contributed by atoms with E-state index in [1.54, 1.807) is 16.8 Å². The third kappa shape index (κ3) is 4.64. The van der Waals surface area contributed by atoms with E-state index in [0.29, 0.717) is 13.1 Å². The summed E-state index contributed by atoms with van der Waals surface area (Å²) in [5, 5.41) is 22.1. The van der Waals surface area contributed by atoms with Crippen LogP contribution in [0.3, 0.4) is 0 Å². The van der Waals surface area contributed by atoms with Crippen LogP contribution in [0.25, 0.3) is 0 Å². The first-order valence-corrected chi connectivity index (χ1v) is 6.71. The number of hydrogen-bond donors (Lipinski definition) is 1. The van der Waals surface area contributed by atoms with Crippen LogP contribution in [0.5, 0.6) is 0 Å². The predicted molar refractivity (Wildman–Crippen MR) is 78.8 cm³/mol. The molecule has 0 saturated heterocycles. The third-order valence-electron chi connectivity index (χ3n) is 2.88. The monoisotopic (exact) mass is 289 g/mol. The molecule has 21 heavy (non-hydrogen) atoms. The Morgan fingerprint density at radius 1 is 1.29 bits per heavy atom. The molecule has 0 aliphatic heterocycles. The van der Waals surface area contributed by atoms with Crippen molar-refractivity contribution in [2.24, 2.45) is 0 Å². The van der Waals surface area contributed by atoms with Gasteiger partial charge in [0.15, 0.2) is 0 Å². The molecule has 0 unspecified atom stereocenters. The Morgan fingerprint density at radius 2 is 1.95 bits per heavy atom. The molecule has 0 aliphatic carbocycles. The molecule has 0 spiro atoms. The van der Waals surface area contributed by atoms with E-state index >= 15 is 0 Å². The van der Waals surface area contributed by atoms with Crippen molar-refractivity contribution in [1.29, 1.82) is 0 Å². The lowest BCUT2D eigenvalue weighted by molar-refractivity contribution is -0.384. The van der Waals surface area contributed by atoms with Crippen LogP contribution >= 0.6 is 0 Å². The summed E-state index contributed by atoms with van der Waals surface area (Å²) in [6.07, 6.45) is 1.88. The van der Waals surface area contributed by atoms with Gasteiger partial charge in [-0.05, 0) is 26.3 Å². The summed E-state index contributed by atoms with van der Waals surface area (Å²) in [7, 11) is 0. The van der Waals surface area contributed by atoms with Crippen molar-refractivity contribution in [2.45, 2.75) is 39.4 Å². The van der Waals surface area contributed by atoms with Gasteiger partial charge in [0.1, 0.15) is 0 Å². The Bertz CT molecular complexity index is 613. The molecule has 0 aliphatic rings. The Labute approximate surface area is 123 Å². The number of aromatic nitrogens is 3. The van der Waals surface area contributed by atoms with Gasteiger partial charge in [-0.25, -0.2) is 4.68 Å². The van der Waals surface area contributed by atoms with Crippen molar-refractivity contribution in [2.75, 3.05) is 0 Å². The number of benzene rings is 1. The zero-order valence-electron chi connectivity index (χ0n) is 12.4. The van der Waals surface area contributed by atoms with Crippen LogP contribution < -0.4 is 5.32 Å². The van der Waals surface area contributed by atoms with E-state index < -0.39 is 4.92 Å². The lowest BCUT2D eigenvalue weighted by Crippen LogP contribution is -2.35. The van der Waals surface area contributed by atoms with E-state index in [1.165, 1.54) is 12.1 Å². The second-order valence-corrected chi connectivity index (χ2v) is 5.93. The highest BCUT2D eigenvalue weighted by molar-refractivity contribution is 5.32. The summed E-state index contributed by atoms with van der Waals surface area (Å²) < 4.78 is 1.72. The fraction of sp³-hybridized carbons (Fsp3) is 0.429. The van der Waals surface area contributed by atoms with Gasteiger partial charge in [-0.2, -0.15) is 0 Å². The SMILES string of the molecule is CC(C)(C)NCc1cn(Cc2ccc([N+](=O)[O-])cc2)nn1. The molecule has 7 nitrogen and oxygen atoms in total. The lowest BCUT2D eigenvalue weighted by Gasteiger charge is -2.19. The second kappa shape index (κ2) is 6.01. The summed E-state index contributed by atoms with van der Waals surface area (Å²) in [5.41, 5.74) is 1.93. The highest BCUT2D eigenvalue weighted by Crippen LogP contribution is 2.12. The Kier molecular flexibility index (Phi) is 4.32. The summed E-state index contributed by atoms with van der Waals surface area (Å²) in [4.78, 5) is 10.2. The third-order valence-corrected chi connectivity index (χ3v) is 2.88. The molecule has 1 aromatic carbocycles. The number of hydrogen-bond acceptors (Lipinski definition) is 5. The lowest BCUT2D eigenvalue weighted by atomic mass is 10.1. The van der Waals surface area contributed by atoms with Gasteiger partial charge in [0.2, 0.25) is 0 Å². The smallest absolute Gasteiger partial charge is 0.269 e. The van der Waals surface area contributed by atoms with E-state index in [0.717, 1.165) is 11.3 Å². The molecule has 7 heteroatoms. The van der Waals surface area contributed by atoms with E-state index in [-0.39, 0.29) is 11.2 Å². The van der Waals surface area contributed by atoms with Gasteiger partial charge in [-0.15, -0.1) is 5.10 Å². The fourth-order valence-corrected chi connectivity index (χ4v) is 1.76. The van der Waals surface area contributed by atoms with E-state index in [1.807, 2.05) is 6.20 Å². The van der Waals surface area contributed by atoms with E-state index in [9.17, 15) is 10.1 Å². The minimum atomic E-state index is -0.407. The zero-order valence-corrected chi connectivity index (χ0v) is 12.4. The van der Waals surface area contributed by atoms with Crippen LogP contribution in [0.4, 0.5) is 5.69 Å². The quantitative estimate of drug-likeness (QED) is 0.673. The molecule has 0 radical (unpaired) electrons. The van der Waals surface area contributed by atoms with Gasteiger partial charge in [0.25, 0.3) is 5.69 Å². The van der Waals surface area contributed by atoms with E-state index in [2.05, 4.69) is 36.4 Å². The molecule has 1 N–H and O–H groups in total. The first-order chi connectivity index (χ1) is 9.83. The van der Waals surface area contributed by atoms with Crippen LogP contribution in [0.2, 0.25) is 0 Å². The summed E-state index contributed by atoms with van der Waals surface area (Å²) in [5.74, 6) is 0. The highest BCUT2D eigenvalue weighted by atomic mass is 16.6. The maximum absolute atomic E-state index is 10.6. The van der Waals surface area contributed by atoms with Gasteiger partial charge >= 0.3 is 0 Å². The van der Waals surface area contributed by atoms with Crippen molar-refractivity contribution >= 4 is 5.69 Å². The van der Waals surface area contributed by atoms with Gasteiger partial charge in [0, 0.05) is 24.2 Å². The number of rotatable bonds is 5. The molecule has 2 aromatic rings. The predicted octanol–water partition coefficient (Wildman–Crippen LogP) is 2.12. The van der Waals surface area contributed by atoms with Gasteiger partial charge < -0.3 is 5.32 Å². The van der Waals surface area contributed by atoms with Crippen LogP contribution in [-0.4, -0.2) is 25.5 Å². The number of nitro groups is 1. The molecular formula is C14H19N5O2. The number of nitro benzene ring substituents is 1. The topological polar surface area (TPSA) is 85.9 Å². The second-order valence-electron chi connectivity index (χ2n) is 5.93. The minimum Gasteiger partial charge on any atom is -0.306 e. The molecule has 112 valence electrons. The molecular weight excluding hydrogens is 270 g/mol. The van der Waals surface area contributed by atoms with Gasteiger partial charge in [-0.3, -0.25) is 10.1 Å². The average Bonchev–Trinajstić information content (AvgIpc) is 2.84. The number of nitrogens with zero attached hydrogens (tertiary/aromatic N) is 4. The maximum atomic E-state index is 10.6. The summed E-state index contributed by atoms with van der Waals surface area (Å²) in [6, 6.07) is 6.45. The Balaban J connectivity index is 1.97. The molecule has 0 atom stereocenters. The molecule has 0 bridgehead atoms. The first-order valence-electron chi connectivity index (χ1n) is 6.71. The summed E-state index contributed by atoms with van der Waals surface area (Å²) in [6.45, 7) is 7.47. The Morgan fingerprint density at radius 3 is 2.52 bits per heavy atom. The van der Waals surface area contributed by atoms with Crippen LogP contribution in [0.1, 0.15) is 32.0 Å². The normalized spacial score (nSPS) is 11.6. The molecule has 1 aromatic heterocycles. The minimum absolute atomic E-state index is 0.0299. The van der Waals surface area contributed by atoms with Crippen molar-refractivity contribution in [3.8, 4) is 0 Å². The highest BCUT2D eigenvalue weighted by Gasteiger charge is 2.10. The average molecular weight is 289 g/mol. The molecule has 0 fully saturated rings. The zero-order chi connectivity index (χ0) is 15.5. The van der Waals surface area contributed by atoms with Gasteiger partial charge in [0.05, 0.1) is 23.4 Å². The van der Waals surface area contributed by atoms with Crippen LogP contribution in [0.15, 0.2) is 30.5 Å².